The summed E-state index contributed by atoms with van der Waals surface area (Å²) in [7, 11) is 1.36. The molecule has 0 radical (unpaired) electrons. The van der Waals surface area contributed by atoms with Gasteiger partial charge in [-0.05, 0) is 47.2 Å². The highest BCUT2D eigenvalue weighted by Crippen LogP contribution is 2.35. The summed E-state index contributed by atoms with van der Waals surface area (Å²) in [5.74, 6) is 0.999. The number of methoxy groups -OCH3 is 1. The van der Waals surface area contributed by atoms with E-state index in [2.05, 4.69) is 45.9 Å². The molecule has 3 aromatic carbocycles. The van der Waals surface area contributed by atoms with Crippen LogP contribution in [0.3, 0.4) is 0 Å². The largest absolute Gasteiger partial charge is 0.465 e. The van der Waals surface area contributed by atoms with Crippen LogP contribution in [0.25, 0.3) is 0 Å². The minimum absolute atomic E-state index is 0.303. The number of carbonyl (C=O) groups excluding carboxylic acids is 1. The second-order valence-electron chi connectivity index (χ2n) is 7.97. The number of benzene rings is 3. The van der Waals surface area contributed by atoms with Gasteiger partial charge >= 0.3 is 5.97 Å². The van der Waals surface area contributed by atoms with Crippen LogP contribution < -0.4 is 4.74 Å². The lowest BCUT2D eigenvalue weighted by molar-refractivity contribution is 0.0598. The van der Waals surface area contributed by atoms with Crippen LogP contribution >= 0.6 is 0 Å². The normalized spacial score (nSPS) is 11.6. The van der Waals surface area contributed by atoms with Crippen molar-refractivity contribution in [1.82, 2.24) is 0 Å². The molecule has 0 amide bonds. The zero-order valence-corrected chi connectivity index (χ0v) is 18.8. The van der Waals surface area contributed by atoms with Crippen molar-refractivity contribution in [2.24, 2.45) is 4.99 Å². The molecule has 31 heavy (non-hydrogen) atoms. The third-order valence-electron chi connectivity index (χ3n) is 5.08. The second-order valence-corrected chi connectivity index (χ2v) is 7.97. The molecule has 0 N–H and O–H groups in total. The Balaban J connectivity index is 2.20. The average Bonchev–Trinajstić information content (AvgIpc) is 2.78. The topological polar surface area (TPSA) is 47.9 Å². The molecule has 0 aliphatic heterocycles. The van der Waals surface area contributed by atoms with Crippen molar-refractivity contribution in [2.75, 3.05) is 7.11 Å². The molecule has 0 atom stereocenters. The zero-order chi connectivity index (χ0) is 22.4. The number of para-hydroxylation sites is 2. The number of nitrogens with zero attached hydrogens (tertiary/aromatic N) is 1. The smallest absolute Gasteiger partial charge is 0.341 e. The van der Waals surface area contributed by atoms with Crippen LogP contribution in [-0.2, 0) is 4.74 Å². The lowest BCUT2D eigenvalue weighted by atomic mass is 9.93. The molecule has 160 valence electrons. The van der Waals surface area contributed by atoms with Gasteiger partial charge in [0.25, 0.3) is 0 Å². The Morgan fingerprint density at radius 2 is 1.35 bits per heavy atom. The Kier molecular flexibility index (Phi) is 7.24. The molecule has 4 heteroatoms. The maximum atomic E-state index is 12.3. The van der Waals surface area contributed by atoms with E-state index >= 15 is 0 Å². The molecule has 0 aromatic heterocycles. The van der Waals surface area contributed by atoms with Crippen LogP contribution in [0.4, 0.5) is 5.69 Å². The highest BCUT2D eigenvalue weighted by molar-refractivity contribution is 6.00. The predicted octanol–water partition coefficient (Wildman–Crippen LogP) is 6.88. The first-order chi connectivity index (χ1) is 14.9. The van der Waals surface area contributed by atoms with Gasteiger partial charge in [-0.25, -0.2) is 9.79 Å². The van der Waals surface area contributed by atoms with Gasteiger partial charge in [-0.2, -0.15) is 0 Å². The first-order valence-corrected chi connectivity index (χ1v) is 10.5. The maximum Gasteiger partial charge on any atom is 0.341 e. The van der Waals surface area contributed by atoms with Crippen LogP contribution in [0.2, 0.25) is 0 Å². The molecule has 0 fully saturated rings. The standard InChI is InChI=1S/C27H29NO3/c1-18(2)21-15-11-16-22(19(3)4)25(21)28-26(20-12-7-6-8-13-20)31-24-17-10-9-14-23(24)27(29)30-5/h6-19H,1-5H3. The van der Waals surface area contributed by atoms with Gasteiger partial charge in [0, 0.05) is 5.56 Å². The Morgan fingerprint density at radius 3 is 1.94 bits per heavy atom. The second kappa shape index (κ2) is 10.1. The summed E-state index contributed by atoms with van der Waals surface area (Å²) in [6, 6.07) is 23.1. The molecule has 0 spiro atoms. The fourth-order valence-corrected chi connectivity index (χ4v) is 3.41. The summed E-state index contributed by atoms with van der Waals surface area (Å²) < 4.78 is 11.2. The molecule has 3 rings (SSSR count). The Hall–Kier alpha value is -3.40. The highest BCUT2D eigenvalue weighted by Gasteiger charge is 2.18. The van der Waals surface area contributed by atoms with E-state index in [9.17, 15) is 4.79 Å². The fourth-order valence-electron chi connectivity index (χ4n) is 3.41. The van der Waals surface area contributed by atoms with Gasteiger partial charge in [-0.15, -0.1) is 0 Å². The first-order valence-electron chi connectivity index (χ1n) is 10.5. The Labute approximate surface area is 184 Å². The van der Waals surface area contributed by atoms with Crippen molar-refractivity contribution in [3.05, 3.63) is 95.1 Å². The Bertz CT molecular complexity index is 1040. The van der Waals surface area contributed by atoms with Crippen LogP contribution in [0.1, 0.15) is 66.6 Å². The molecule has 0 unspecified atom stereocenters. The number of carbonyl (C=O) groups is 1. The first kappa shape index (κ1) is 22.3. The summed E-state index contributed by atoms with van der Waals surface area (Å²) in [6.07, 6.45) is 0. The maximum absolute atomic E-state index is 12.3. The van der Waals surface area contributed by atoms with Crippen molar-refractivity contribution >= 4 is 17.6 Å². The third kappa shape index (κ3) is 5.21. The summed E-state index contributed by atoms with van der Waals surface area (Å²) in [4.78, 5) is 17.3. The van der Waals surface area contributed by atoms with E-state index in [4.69, 9.17) is 14.5 Å². The number of hydrogen-bond acceptors (Lipinski definition) is 4. The van der Waals surface area contributed by atoms with Crippen molar-refractivity contribution in [3.8, 4) is 5.75 Å². The lowest BCUT2D eigenvalue weighted by Gasteiger charge is -2.18. The van der Waals surface area contributed by atoms with Gasteiger partial charge in [0.2, 0.25) is 5.90 Å². The summed E-state index contributed by atoms with van der Waals surface area (Å²) in [5, 5.41) is 0. The number of rotatable bonds is 6. The summed E-state index contributed by atoms with van der Waals surface area (Å²) >= 11 is 0. The average molecular weight is 416 g/mol. The number of hydrogen-bond donors (Lipinski definition) is 0. The van der Waals surface area contributed by atoms with Gasteiger partial charge in [0.1, 0.15) is 11.3 Å². The van der Waals surface area contributed by atoms with Gasteiger partial charge in [0.15, 0.2) is 0 Å². The monoisotopic (exact) mass is 415 g/mol. The van der Waals surface area contributed by atoms with Crippen LogP contribution in [0.5, 0.6) is 5.75 Å². The van der Waals surface area contributed by atoms with E-state index in [1.165, 1.54) is 7.11 Å². The third-order valence-corrected chi connectivity index (χ3v) is 5.08. The van der Waals surface area contributed by atoms with E-state index < -0.39 is 5.97 Å². The molecule has 0 aliphatic carbocycles. The van der Waals surface area contributed by atoms with Gasteiger partial charge in [0.05, 0.1) is 12.8 Å². The SMILES string of the molecule is COC(=O)c1ccccc1OC(=Nc1c(C(C)C)cccc1C(C)C)c1ccccc1. The number of esters is 1. The molecular weight excluding hydrogens is 386 g/mol. The lowest BCUT2D eigenvalue weighted by Crippen LogP contribution is -2.14. The van der Waals surface area contributed by atoms with Crippen LogP contribution in [-0.4, -0.2) is 19.0 Å². The van der Waals surface area contributed by atoms with E-state index in [1.807, 2.05) is 36.4 Å². The minimum Gasteiger partial charge on any atom is -0.465 e. The molecule has 0 saturated heterocycles. The molecule has 0 aliphatic rings. The summed E-state index contributed by atoms with van der Waals surface area (Å²) in [6.45, 7) is 8.64. The Morgan fingerprint density at radius 1 is 0.774 bits per heavy atom. The molecule has 4 nitrogen and oxygen atoms in total. The van der Waals surface area contributed by atoms with E-state index in [1.54, 1.807) is 18.2 Å². The number of ether oxygens (including phenoxy) is 2. The zero-order valence-electron chi connectivity index (χ0n) is 18.8. The van der Waals surface area contributed by atoms with Crippen molar-refractivity contribution in [3.63, 3.8) is 0 Å². The van der Waals surface area contributed by atoms with Crippen molar-refractivity contribution in [2.45, 2.75) is 39.5 Å². The molecule has 0 saturated carbocycles. The van der Waals surface area contributed by atoms with Crippen LogP contribution in [0, 0.1) is 0 Å². The predicted molar refractivity (Wildman–Crippen MR) is 126 cm³/mol. The molecule has 0 bridgehead atoms. The molecule has 3 aromatic rings. The van der Waals surface area contributed by atoms with Gasteiger partial charge in [-0.3, -0.25) is 0 Å². The van der Waals surface area contributed by atoms with Crippen LogP contribution in [0.15, 0.2) is 77.8 Å². The molecule has 0 heterocycles. The van der Waals surface area contributed by atoms with Crippen molar-refractivity contribution in [1.29, 1.82) is 0 Å². The van der Waals surface area contributed by atoms with E-state index in [-0.39, 0.29) is 0 Å². The van der Waals surface area contributed by atoms with E-state index in [0.29, 0.717) is 29.0 Å². The van der Waals surface area contributed by atoms with Gasteiger partial charge < -0.3 is 9.47 Å². The van der Waals surface area contributed by atoms with Crippen molar-refractivity contribution < 1.29 is 14.3 Å². The quantitative estimate of drug-likeness (QED) is 0.250. The fraction of sp³-hybridized carbons (Fsp3) is 0.259. The minimum atomic E-state index is -0.450. The van der Waals surface area contributed by atoms with Gasteiger partial charge in [-0.1, -0.05) is 76.2 Å². The summed E-state index contributed by atoms with van der Waals surface area (Å²) in [5.41, 5.74) is 4.42. The van der Waals surface area contributed by atoms with E-state index in [0.717, 1.165) is 22.4 Å². The molecular formula is C27H29NO3. The number of aliphatic imine (C=N–C) groups is 1. The highest BCUT2D eigenvalue weighted by atomic mass is 16.5.